The van der Waals surface area contributed by atoms with Gasteiger partial charge in [0, 0.05) is 6.07 Å². The van der Waals surface area contributed by atoms with E-state index in [0.717, 1.165) is 5.69 Å². The lowest BCUT2D eigenvalue weighted by Crippen LogP contribution is -2.12. The Morgan fingerprint density at radius 3 is 2.61 bits per heavy atom. The van der Waals surface area contributed by atoms with Crippen molar-refractivity contribution in [2.24, 2.45) is 5.14 Å². The van der Waals surface area contributed by atoms with Gasteiger partial charge in [0.25, 0.3) is 10.0 Å². The third kappa shape index (κ3) is 3.19. The van der Waals surface area contributed by atoms with Gasteiger partial charge in [-0.3, -0.25) is 0 Å². The fourth-order valence-corrected chi connectivity index (χ4v) is 1.90. The molecule has 0 fully saturated rings. The molecule has 8 heteroatoms. The van der Waals surface area contributed by atoms with E-state index in [2.05, 4.69) is 10.5 Å². The molecule has 18 heavy (non-hydrogen) atoms. The maximum Gasteiger partial charge on any atom is 0.271 e. The maximum absolute atomic E-state index is 11.0. The topological polar surface area (TPSA) is 111 Å². The summed E-state index contributed by atoms with van der Waals surface area (Å²) in [4.78, 5) is 0. The number of sulfonamides is 1. The van der Waals surface area contributed by atoms with E-state index < -0.39 is 10.0 Å². The molecule has 3 N–H and O–H groups in total. The number of aromatic nitrogens is 1. The molecule has 0 aliphatic carbocycles. The number of rotatable bonds is 5. The molecule has 0 amide bonds. The predicted molar refractivity (Wildman–Crippen MR) is 61.9 cm³/mol. The van der Waals surface area contributed by atoms with Crippen molar-refractivity contribution in [2.45, 2.75) is 25.1 Å². The minimum atomic E-state index is -3.78. The molecule has 98 valence electrons. The molecule has 0 bridgehead atoms. The van der Waals surface area contributed by atoms with E-state index in [1.807, 2.05) is 13.0 Å². The first kappa shape index (κ1) is 12.8. The van der Waals surface area contributed by atoms with Crippen molar-refractivity contribution in [3.63, 3.8) is 0 Å². The molecule has 0 spiro atoms. The average Bonchev–Trinajstić information content (AvgIpc) is 2.87. The van der Waals surface area contributed by atoms with Gasteiger partial charge in [0.15, 0.2) is 5.76 Å². The van der Waals surface area contributed by atoms with Crippen molar-refractivity contribution in [2.75, 3.05) is 0 Å². The van der Waals surface area contributed by atoms with Gasteiger partial charge < -0.3 is 14.3 Å². The molecule has 0 saturated carbocycles. The Balaban J connectivity index is 1.89. The Kier molecular flexibility index (Phi) is 3.50. The summed E-state index contributed by atoms with van der Waals surface area (Å²) in [6, 6.07) is 4.69. The smallest absolute Gasteiger partial charge is 0.271 e. The number of nitrogens with two attached hydrogens (primary N) is 1. The Morgan fingerprint density at radius 1 is 1.33 bits per heavy atom. The van der Waals surface area contributed by atoms with E-state index in [4.69, 9.17) is 14.1 Å². The van der Waals surface area contributed by atoms with Crippen molar-refractivity contribution in [3.05, 3.63) is 35.4 Å². The van der Waals surface area contributed by atoms with Gasteiger partial charge in [0.2, 0.25) is 5.09 Å². The van der Waals surface area contributed by atoms with Crippen molar-refractivity contribution in [3.8, 4) is 0 Å². The first-order valence-electron chi connectivity index (χ1n) is 5.19. The van der Waals surface area contributed by atoms with Crippen LogP contribution in [0.4, 0.5) is 0 Å². The lowest BCUT2D eigenvalue weighted by atomic mass is 10.4. The van der Waals surface area contributed by atoms with E-state index >= 15 is 0 Å². The van der Waals surface area contributed by atoms with E-state index in [-0.39, 0.29) is 5.09 Å². The number of furan rings is 1. The van der Waals surface area contributed by atoms with Gasteiger partial charge in [-0.25, -0.2) is 13.6 Å². The largest absolute Gasteiger partial charge is 0.447 e. The molecule has 0 saturated heterocycles. The normalized spacial score (nSPS) is 11.9. The van der Waals surface area contributed by atoms with E-state index in [1.54, 1.807) is 6.07 Å². The monoisotopic (exact) mass is 271 g/mol. The molecule has 0 atom stereocenters. The molecule has 2 heterocycles. The van der Waals surface area contributed by atoms with Gasteiger partial charge in [-0.05, 0) is 19.1 Å². The molecule has 0 unspecified atom stereocenters. The molecule has 2 aromatic rings. The summed E-state index contributed by atoms with van der Waals surface area (Å²) in [6.07, 6.45) is 0. The third-order valence-corrected chi connectivity index (χ3v) is 2.97. The van der Waals surface area contributed by atoms with E-state index in [1.165, 1.54) is 6.07 Å². The number of nitrogens with one attached hydrogen (secondary N) is 1. The summed E-state index contributed by atoms with van der Waals surface area (Å²) in [5, 5.41) is 11.5. The zero-order valence-electron chi connectivity index (χ0n) is 9.71. The minimum absolute atomic E-state index is 0.241. The summed E-state index contributed by atoms with van der Waals surface area (Å²) in [5.74, 6) is 1.18. The van der Waals surface area contributed by atoms with Crippen LogP contribution >= 0.6 is 0 Å². The van der Waals surface area contributed by atoms with Crippen LogP contribution in [0.3, 0.4) is 0 Å². The second-order valence-electron chi connectivity index (χ2n) is 3.80. The fraction of sp³-hybridized carbons (Fsp3) is 0.300. The van der Waals surface area contributed by atoms with Crippen LogP contribution in [0.2, 0.25) is 0 Å². The van der Waals surface area contributed by atoms with Gasteiger partial charge >= 0.3 is 0 Å². The highest BCUT2D eigenvalue weighted by Crippen LogP contribution is 2.12. The van der Waals surface area contributed by atoms with Crippen LogP contribution in [-0.2, 0) is 23.1 Å². The van der Waals surface area contributed by atoms with Gasteiger partial charge in [-0.1, -0.05) is 5.16 Å². The summed E-state index contributed by atoms with van der Waals surface area (Å²) in [7, 11) is -3.78. The second kappa shape index (κ2) is 4.92. The molecule has 2 aromatic heterocycles. The Labute approximate surface area is 104 Å². The first-order valence-corrected chi connectivity index (χ1v) is 6.74. The summed E-state index contributed by atoms with van der Waals surface area (Å²) < 4.78 is 32.0. The molecule has 0 aromatic carbocycles. The zero-order chi connectivity index (χ0) is 13.2. The predicted octanol–water partition coefficient (Wildman–Crippen LogP) is 0.513. The molecular formula is C10H13N3O4S. The SMILES string of the molecule is Cc1cc(CNCc2ccc(S(N)(=O)=O)o2)on1. The molecular weight excluding hydrogens is 258 g/mol. The van der Waals surface area contributed by atoms with Crippen molar-refractivity contribution >= 4 is 10.0 Å². The number of aryl methyl sites for hydroxylation is 1. The first-order chi connectivity index (χ1) is 8.45. The maximum atomic E-state index is 11.0. The minimum Gasteiger partial charge on any atom is -0.447 e. The van der Waals surface area contributed by atoms with Gasteiger partial charge in [0.1, 0.15) is 5.76 Å². The highest BCUT2D eigenvalue weighted by atomic mass is 32.2. The zero-order valence-corrected chi connectivity index (χ0v) is 10.5. The summed E-state index contributed by atoms with van der Waals surface area (Å²) >= 11 is 0. The van der Waals surface area contributed by atoms with Crippen LogP contribution in [0.15, 0.2) is 32.2 Å². The molecule has 0 aliphatic rings. The van der Waals surface area contributed by atoms with Crippen LogP contribution in [0.25, 0.3) is 0 Å². The summed E-state index contributed by atoms with van der Waals surface area (Å²) in [6.45, 7) is 2.68. The van der Waals surface area contributed by atoms with Crippen molar-refractivity contribution in [1.82, 2.24) is 10.5 Å². The van der Waals surface area contributed by atoms with E-state index in [0.29, 0.717) is 24.6 Å². The van der Waals surface area contributed by atoms with Gasteiger partial charge in [-0.2, -0.15) is 0 Å². The van der Waals surface area contributed by atoms with Gasteiger partial charge in [-0.15, -0.1) is 0 Å². The standard InChI is InChI=1S/C10H13N3O4S/c1-7-4-9(17-13-7)6-12-5-8-2-3-10(16-8)18(11,14)15/h2-4,12H,5-6H2,1H3,(H2,11,14,15). The average molecular weight is 271 g/mol. The molecule has 2 rings (SSSR count). The Hall–Kier alpha value is -1.64. The highest BCUT2D eigenvalue weighted by molar-refractivity contribution is 7.89. The van der Waals surface area contributed by atoms with Gasteiger partial charge in [0.05, 0.1) is 18.8 Å². The molecule has 7 nitrogen and oxygen atoms in total. The number of hydrogen-bond donors (Lipinski definition) is 2. The third-order valence-electron chi connectivity index (χ3n) is 2.19. The Morgan fingerprint density at radius 2 is 2.06 bits per heavy atom. The van der Waals surface area contributed by atoms with Crippen LogP contribution in [0.5, 0.6) is 0 Å². The lowest BCUT2D eigenvalue weighted by Gasteiger charge is -1.98. The van der Waals surface area contributed by atoms with Crippen molar-refractivity contribution < 1.29 is 17.4 Å². The van der Waals surface area contributed by atoms with Crippen LogP contribution in [0, 0.1) is 6.92 Å². The van der Waals surface area contributed by atoms with Crippen LogP contribution in [0.1, 0.15) is 17.2 Å². The summed E-state index contributed by atoms with van der Waals surface area (Å²) in [5.41, 5.74) is 0.807. The number of hydrogen-bond acceptors (Lipinski definition) is 6. The quantitative estimate of drug-likeness (QED) is 0.819. The van der Waals surface area contributed by atoms with Crippen LogP contribution in [-0.4, -0.2) is 13.6 Å². The Bertz CT molecular complexity index is 629. The lowest BCUT2D eigenvalue weighted by molar-refractivity contribution is 0.360. The molecule has 0 radical (unpaired) electrons. The van der Waals surface area contributed by atoms with Crippen LogP contribution < -0.4 is 10.5 Å². The number of primary sulfonamides is 1. The number of nitrogens with zero attached hydrogens (tertiary/aromatic N) is 1. The van der Waals surface area contributed by atoms with E-state index in [9.17, 15) is 8.42 Å². The second-order valence-corrected chi connectivity index (χ2v) is 5.30. The molecule has 0 aliphatic heterocycles. The van der Waals surface area contributed by atoms with Crippen molar-refractivity contribution in [1.29, 1.82) is 0 Å². The highest BCUT2D eigenvalue weighted by Gasteiger charge is 2.12. The fourth-order valence-electron chi connectivity index (χ4n) is 1.41.